The number of benzene rings is 2. The fourth-order valence-corrected chi connectivity index (χ4v) is 3.90. The summed E-state index contributed by atoms with van der Waals surface area (Å²) >= 11 is 0. The SMILES string of the molecule is NC[C@H]1CN(c2ccc(N3CCNN(C(=O)NCc4cccc(N)c4)CC3)c(F)c2)C(=O)O1. The maximum Gasteiger partial charge on any atom is 0.414 e. The van der Waals surface area contributed by atoms with Gasteiger partial charge >= 0.3 is 12.1 Å². The second-order valence-corrected chi connectivity index (χ2v) is 7.94. The van der Waals surface area contributed by atoms with Gasteiger partial charge in [-0.25, -0.2) is 19.4 Å². The summed E-state index contributed by atoms with van der Waals surface area (Å²) in [5, 5.41) is 4.35. The molecule has 0 saturated carbocycles. The molecule has 176 valence electrons. The molecule has 11 heteroatoms. The Balaban J connectivity index is 1.35. The fourth-order valence-electron chi connectivity index (χ4n) is 3.90. The maximum absolute atomic E-state index is 15.0. The normalized spacial score (nSPS) is 18.8. The molecule has 0 aromatic heterocycles. The first-order valence-electron chi connectivity index (χ1n) is 10.8. The number of nitrogens with two attached hydrogens (primary N) is 2. The number of nitrogen functional groups attached to an aromatic ring is 1. The molecule has 2 aromatic rings. The third-order valence-electron chi connectivity index (χ3n) is 5.64. The summed E-state index contributed by atoms with van der Waals surface area (Å²) in [6.07, 6.45) is -0.926. The van der Waals surface area contributed by atoms with Crippen molar-refractivity contribution in [2.45, 2.75) is 12.6 Å². The molecule has 1 atom stereocenters. The number of urea groups is 1. The molecule has 2 aliphatic heterocycles. The van der Waals surface area contributed by atoms with Crippen LogP contribution in [0.2, 0.25) is 0 Å². The molecular formula is C22H28FN7O3. The average Bonchev–Trinajstić information content (AvgIpc) is 3.02. The van der Waals surface area contributed by atoms with Crippen LogP contribution in [0.3, 0.4) is 0 Å². The average molecular weight is 458 g/mol. The Morgan fingerprint density at radius 1 is 1.21 bits per heavy atom. The van der Waals surface area contributed by atoms with Crippen molar-refractivity contribution in [3.05, 3.63) is 53.8 Å². The van der Waals surface area contributed by atoms with Gasteiger partial charge in [-0.2, -0.15) is 0 Å². The highest BCUT2D eigenvalue weighted by molar-refractivity contribution is 5.90. The molecule has 0 bridgehead atoms. The summed E-state index contributed by atoms with van der Waals surface area (Å²) in [6, 6.07) is 11.7. The number of rotatable bonds is 5. The number of ether oxygens (including phenoxy) is 1. The van der Waals surface area contributed by atoms with Crippen molar-refractivity contribution in [1.29, 1.82) is 0 Å². The predicted molar refractivity (Wildman–Crippen MR) is 123 cm³/mol. The van der Waals surface area contributed by atoms with Crippen LogP contribution >= 0.6 is 0 Å². The number of carbonyl (C=O) groups is 2. The fraction of sp³-hybridized carbons (Fsp3) is 0.364. The third-order valence-corrected chi connectivity index (χ3v) is 5.64. The summed E-state index contributed by atoms with van der Waals surface area (Å²) in [6.45, 7) is 2.64. The van der Waals surface area contributed by atoms with Gasteiger partial charge in [0.1, 0.15) is 11.9 Å². The zero-order valence-electron chi connectivity index (χ0n) is 18.2. The van der Waals surface area contributed by atoms with E-state index in [-0.39, 0.29) is 12.6 Å². The lowest BCUT2D eigenvalue weighted by Gasteiger charge is -2.24. The van der Waals surface area contributed by atoms with Gasteiger partial charge in [0, 0.05) is 38.4 Å². The number of amides is 3. The molecule has 0 unspecified atom stereocenters. The van der Waals surface area contributed by atoms with Crippen molar-refractivity contribution in [3.8, 4) is 0 Å². The monoisotopic (exact) mass is 457 g/mol. The summed E-state index contributed by atoms with van der Waals surface area (Å²) in [5.41, 5.74) is 16.8. The number of carbonyl (C=O) groups excluding carboxylic acids is 2. The van der Waals surface area contributed by atoms with Crippen molar-refractivity contribution >= 4 is 29.2 Å². The van der Waals surface area contributed by atoms with E-state index in [0.29, 0.717) is 56.3 Å². The minimum absolute atomic E-state index is 0.215. The molecule has 2 heterocycles. The zero-order valence-corrected chi connectivity index (χ0v) is 18.2. The second kappa shape index (κ2) is 9.92. The molecule has 3 amide bonds. The Labute approximate surface area is 191 Å². The summed E-state index contributed by atoms with van der Waals surface area (Å²) in [5.74, 6) is -0.448. The van der Waals surface area contributed by atoms with Gasteiger partial charge in [-0.15, -0.1) is 0 Å². The molecular weight excluding hydrogens is 429 g/mol. The Morgan fingerprint density at radius 3 is 2.79 bits per heavy atom. The molecule has 0 spiro atoms. The maximum atomic E-state index is 15.0. The van der Waals surface area contributed by atoms with E-state index < -0.39 is 18.0 Å². The quantitative estimate of drug-likeness (QED) is 0.497. The van der Waals surface area contributed by atoms with E-state index in [1.807, 2.05) is 23.1 Å². The van der Waals surface area contributed by atoms with Crippen LogP contribution in [0.15, 0.2) is 42.5 Å². The first kappa shape index (κ1) is 22.6. The topological polar surface area (TPSA) is 129 Å². The lowest BCUT2D eigenvalue weighted by Crippen LogP contribution is -2.48. The van der Waals surface area contributed by atoms with E-state index in [1.165, 1.54) is 16.0 Å². The highest BCUT2D eigenvalue weighted by Gasteiger charge is 2.32. The molecule has 33 heavy (non-hydrogen) atoms. The highest BCUT2D eigenvalue weighted by Crippen LogP contribution is 2.28. The molecule has 10 nitrogen and oxygen atoms in total. The van der Waals surface area contributed by atoms with Crippen LogP contribution in [0.1, 0.15) is 5.56 Å². The summed E-state index contributed by atoms with van der Waals surface area (Å²) < 4.78 is 20.1. The molecule has 0 radical (unpaired) electrons. The van der Waals surface area contributed by atoms with Crippen molar-refractivity contribution in [1.82, 2.24) is 15.8 Å². The number of hydrogen-bond donors (Lipinski definition) is 4. The molecule has 6 N–H and O–H groups in total. The van der Waals surface area contributed by atoms with Crippen LogP contribution in [0.4, 0.5) is 31.0 Å². The van der Waals surface area contributed by atoms with E-state index in [0.717, 1.165) is 5.56 Å². The van der Waals surface area contributed by atoms with E-state index in [2.05, 4.69) is 10.7 Å². The number of hydrazine groups is 1. The van der Waals surface area contributed by atoms with Gasteiger partial charge in [-0.05, 0) is 35.9 Å². The zero-order chi connectivity index (χ0) is 23.4. The number of hydrogen-bond acceptors (Lipinski definition) is 7. The van der Waals surface area contributed by atoms with Crippen LogP contribution in [-0.4, -0.2) is 62.5 Å². The molecule has 4 rings (SSSR count). The summed E-state index contributed by atoms with van der Waals surface area (Å²) in [7, 11) is 0. The molecule has 2 fully saturated rings. The van der Waals surface area contributed by atoms with Gasteiger partial charge in [0.15, 0.2) is 0 Å². The molecule has 2 aromatic carbocycles. The minimum atomic E-state index is -0.531. The lowest BCUT2D eigenvalue weighted by atomic mass is 10.2. The second-order valence-electron chi connectivity index (χ2n) is 7.94. The standard InChI is InChI=1S/C22H28FN7O3/c23-19-11-17(29-14-18(12-24)33-22(29)32)4-5-20(19)28-7-6-27-30(9-8-28)21(31)26-13-15-2-1-3-16(25)10-15/h1-5,10-11,18,27H,6-9,12-14,24-25H2,(H,26,31)/t18-/m0/s1. The number of nitrogens with zero attached hydrogens (tertiary/aromatic N) is 3. The van der Waals surface area contributed by atoms with Crippen molar-refractivity contribution in [2.75, 3.05) is 54.8 Å². The Kier molecular flexibility index (Phi) is 6.80. The van der Waals surface area contributed by atoms with Gasteiger partial charge in [0.25, 0.3) is 0 Å². The van der Waals surface area contributed by atoms with Crippen molar-refractivity contribution in [3.63, 3.8) is 0 Å². The first-order chi connectivity index (χ1) is 15.9. The van der Waals surface area contributed by atoms with Crippen LogP contribution in [0, 0.1) is 5.82 Å². The van der Waals surface area contributed by atoms with Gasteiger partial charge < -0.3 is 26.4 Å². The van der Waals surface area contributed by atoms with Crippen LogP contribution in [-0.2, 0) is 11.3 Å². The highest BCUT2D eigenvalue weighted by atomic mass is 19.1. The van der Waals surface area contributed by atoms with Crippen LogP contribution in [0.5, 0.6) is 0 Å². The number of anilines is 3. The molecule has 2 saturated heterocycles. The van der Waals surface area contributed by atoms with Crippen molar-refractivity contribution < 1.29 is 18.7 Å². The number of nitrogens with one attached hydrogen (secondary N) is 2. The first-order valence-corrected chi connectivity index (χ1v) is 10.8. The molecule has 0 aliphatic carbocycles. The Morgan fingerprint density at radius 2 is 2.06 bits per heavy atom. The largest absolute Gasteiger partial charge is 0.443 e. The van der Waals surface area contributed by atoms with E-state index in [4.69, 9.17) is 16.2 Å². The Hall–Kier alpha value is -3.57. The minimum Gasteiger partial charge on any atom is -0.443 e. The molecule has 2 aliphatic rings. The van der Waals surface area contributed by atoms with Gasteiger partial charge in [-0.3, -0.25) is 9.91 Å². The van der Waals surface area contributed by atoms with Gasteiger partial charge in [0.05, 0.1) is 24.5 Å². The predicted octanol–water partition coefficient (Wildman–Crippen LogP) is 1.23. The summed E-state index contributed by atoms with van der Waals surface area (Å²) in [4.78, 5) is 27.8. The van der Waals surface area contributed by atoms with Crippen molar-refractivity contribution in [2.24, 2.45) is 5.73 Å². The Bertz CT molecular complexity index is 1020. The lowest BCUT2D eigenvalue weighted by molar-refractivity contribution is 0.145. The van der Waals surface area contributed by atoms with Gasteiger partial charge in [-0.1, -0.05) is 12.1 Å². The third kappa shape index (κ3) is 5.26. The van der Waals surface area contributed by atoms with E-state index >= 15 is 0 Å². The van der Waals surface area contributed by atoms with Gasteiger partial charge in [0.2, 0.25) is 0 Å². The van der Waals surface area contributed by atoms with Crippen LogP contribution < -0.4 is 32.0 Å². The van der Waals surface area contributed by atoms with E-state index in [1.54, 1.807) is 18.2 Å². The number of cyclic esters (lactones) is 1. The van der Waals surface area contributed by atoms with Crippen LogP contribution in [0.25, 0.3) is 0 Å². The van der Waals surface area contributed by atoms with E-state index in [9.17, 15) is 14.0 Å². The smallest absolute Gasteiger partial charge is 0.414 e. The number of halogens is 1.